The van der Waals surface area contributed by atoms with E-state index in [-0.39, 0.29) is 6.10 Å². The second-order valence-corrected chi connectivity index (χ2v) is 8.07. The fraction of sp³-hybridized carbons (Fsp3) is 0.526. The largest absolute Gasteiger partial charge is 0.446 e. The first-order valence-electron chi connectivity index (χ1n) is 9.08. The third kappa shape index (κ3) is 3.75. The van der Waals surface area contributed by atoms with Gasteiger partial charge in [-0.1, -0.05) is 6.07 Å². The number of fused-ring (bicyclic) bond motifs is 1. The third-order valence-electron chi connectivity index (χ3n) is 5.51. The lowest BCUT2D eigenvalue weighted by atomic mass is 9.80. The molecule has 0 radical (unpaired) electrons. The van der Waals surface area contributed by atoms with Crippen LogP contribution in [0.25, 0.3) is 10.1 Å². The number of anilines is 1. The Bertz CT molecular complexity index is 733. The summed E-state index contributed by atoms with van der Waals surface area (Å²) >= 11 is 1.81. The van der Waals surface area contributed by atoms with Gasteiger partial charge in [0.05, 0.1) is 0 Å². The smallest absolute Gasteiger partial charge is 0.404 e. The molecule has 2 N–H and O–H groups in total. The van der Waals surface area contributed by atoms with Gasteiger partial charge in [0.2, 0.25) is 0 Å². The van der Waals surface area contributed by atoms with Crippen molar-refractivity contribution in [1.29, 1.82) is 0 Å². The molecule has 2 aliphatic rings. The second-order valence-electron chi connectivity index (χ2n) is 7.12. The van der Waals surface area contributed by atoms with Crippen molar-refractivity contribution >= 4 is 33.2 Å². The van der Waals surface area contributed by atoms with Gasteiger partial charge < -0.3 is 15.4 Å². The fourth-order valence-electron chi connectivity index (χ4n) is 4.00. The average Bonchev–Trinajstić information content (AvgIpc) is 3.05. The maximum absolute atomic E-state index is 10.7. The fourth-order valence-corrected chi connectivity index (χ4v) is 4.81. The molecule has 1 aromatic carbocycles. The molecule has 6 heteroatoms. The summed E-state index contributed by atoms with van der Waals surface area (Å²) in [5.41, 5.74) is 6.43. The highest BCUT2D eigenvalue weighted by molar-refractivity contribution is 7.17. The molecule has 1 aromatic heterocycles. The molecule has 1 amide bonds. The number of piperazine rings is 1. The molecule has 25 heavy (non-hydrogen) atoms. The Morgan fingerprint density at radius 2 is 2.00 bits per heavy atom. The predicted molar refractivity (Wildman–Crippen MR) is 102 cm³/mol. The number of ether oxygens (including phenoxy) is 1. The number of hydrogen-bond acceptors (Lipinski definition) is 5. The van der Waals surface area contributed by atoms with Crippen LogP contribution in [0.3, 0.4) is 0 Å². The number of primary amides is 1. The number of hydrogen-bond donors (Lipinski definition) is 1. The van der Waals surface area contributed by atoms with Crippen LogP contribution < -0.4 is 10.6 Å². The van der Waals surface area contributed by atoms with Gasteiger partial charge in [-0.05, 0) is 55.3 Å². The minimum atomic E-state index is -0.639. The van der Waals surface area contributed by atoms with Crippen LogP contribution >= 0.6 is 11.3 Å². The lowest BCUT2D eigenvalue weighted by Gasteiger charge is -2.39. The zero-order valence-electron chi connectivity index (χ0n) is 14.4. The van der Waals surface area contributed by atoms with Crippen molar-refractivity contribution in [2.75, 3.05) is 37.6 Å². The molecule has 1 saturated heterocycles. The van der Waals surface area contributed by atoms with E-state index in [1.165, 1.54) is 22.2 Å². The van der Waals surface area contributed by atoms with Crippen molar-refractivity contribution in [3.8, 4) is 0 Å². The van der Waals surface area contributed by atoms with Gasteiger partial charge in [-0.25, -0.2) is 4.79 Å². The first kappa shape index (κ1) is 16.7. The zero-order chi connectivity index (χ0) is 17.2. The van der Waals surface area contributed by atoms with Crippen LogP contribution in [0.4, 0.5) is 10.5 Å². The van der Waals surface area contributed by atoms with Gasteiger partial charge in [-0.3, -0.25) is 4.90 Å². The summed E-state index contributed by atoms with van der Waals surface area (Å²) < 4.78 is 6.39. The molecular weight excluding hydrogens is 334 g/mol. The molecule has 2 fully saturated rings. The van der Waals surface area contributed by atoms with Gasteiger partial charge in [0.1, 0.15) is 6.10 Å². The molecule has 134 valence electrons. The van der Waals surface area contributed by atoms with Crippen LogP contribution in [-0.2, 0) is 4.74 Å². The van der Waals surface area contributed by atoms with Gasteiger partial charge in [0, 0.05) is 42.0 Å². The van der Waals surface area contributed by atoms with Gasteiger partial charge in [-0.15, -0.1) is 11.3 Å². The Labute approximate surface area is 152 Å². The van der Waals surface area contributed by atoms with Gasteiger partial charge in [-0.2, -0.15) is 0 Å². The van der Waals surface area contributed by atoms with Crippen molar-refractivity contribution in [3.63, 3.8) is 0 Å². The number of amides is 1. The predicted octanol–water partition coefficient (Wildman–Crippen LogP) is 3.29. The molecule has 1 aliphatic heterocycles. The highest BCUT2D eigenvalue weighted by Crippen LogP contribution is 2.33. The Morgan fingerprint density at radius 1 is 1.20 bits per heavy atom. The lowest BCUT2D eigenvalue weighted by molar-refractivity contribution is 0.0160. The number of benzene rings is 1. The number of carbonyl (C=O) groups excluding carboxylic acids is 1. The van der Waals surface area contributed by atoms with Crippen LogP contribution in [0, 0.1) is 5.92 Å². The van der Waals surface area contributed by atoms with E-state index < -0.39 is 6.09 Å². The standard InChI is InChI=1S/C19H25N3O2S/c20-19(23)24-15-12-14(13-15)4-6-21-7-9-22(10-8-21)17-2-1-3-18-16(17)5-11-25-18/h1-3,5,11,14-15H,4,6-10,12-13H2,(H2,20,23). The van der Waals surface area contributed by atoms with Crippen molar-refractivity contribution < 1.29 is 9.53 Å². The van der Waals surface area contributed by atoms with Crippen LogP contribution in [0.15, 0.2) is 29.6 Å². The zero-order valence-corrected chi connectivity index (χ0v) is 15.2. The van der Waals surface area contributed by atoms with Crippen LogP contribution in [0.1, 0.15) is 19.3 Å². The van der Waals surface area contributed by atoms with E-state index in [1.54, 1.807) is 0 Å². The molecule has 0 unspecified atom stereocenters. The Balaban J connectivity index is 1.23. The summed E-state index contributed by atoms with van der Waals surface area (Å²) in [5.74, 6) is 0.682. The van der Waals surface area contributed by atoms with Crippen molar-refractivity contribution in [1.82, 2.24) is 4.90 Å². The topological polar surface area (TPSA) is 58.8 Å². The molecule has 1 saturated carbocycles. The molecule has 2 aromatic rings. The minimum Gasteiger partial charge on any atom is -0.446 e. The molecule has 2 heterocycles. The van der Waals surface area contributed by atoms with E-state index >= 15 is 0 Å². The number of rotatable bonds is 5. The van der Waals surface area contributed by atoms with E-state index in [1.807, 2.05) is 11.3 Å². The number of nitrogens with zero attached hydrogens (tertiary/aromatic N) is 2. The molecular formula is C19H25N3O2S. The van der Waals surface area contributed by atoms with E-state index in [4.69, 9.17) is 10.5 Å². The second kappa shape index (κ2) is 7.22. The van der Waals surface area contributed by atoms with Gasteiger partial charge in [0.15, 0.2) is 0 Å². The number of carbonyl (C=O) groups is 1. The molecule has 0 atom stereocenters. The number of nitrogens with two attached hydrogens (primary N) is 1. The summed E-state index contributed by atoms with van der Waals surface area (Å²) in [6.45, 7) is 5.56. The first-order chi connectivity index (χ1) is 12.2. The highest BCUT2D eigenvalue weighted by Gasteiger charge is 2.32. The summed E-state index contributed by atoms with van der Waals surface area (Å²) in [6, 6.07) is 8.86. The Hall–Kier alpha value is -1.79. The van der Waals surface area contributed by atoms with Crippen molar-refractivity contribution in [3.05, 3.63) is 29.6 Å². The SMILES string of the molecule is NC(=O)OC1CC(CCN2CCN(c3cccc4sccc34)CC2)C1. The Kier molecular flexibility index (Phi) is 4.81. The van der Waals surface area contributed by atoms with E-state index in [0.717, 1.165) is 45.6 Å². The van der Waals surface area contributed by atoms with E-state index in [0.29, 0.717) is 5.92 Å². The van der Waals surface area contributed by atoms with Gasteiger partial charge in [0.25, 0.3) is 0 Å². The molecule has 4 rings (SSSR count). The average molecular weight is 359 g/mol. The number of thiophene rings is 1. The summed E-state index contributed by atoms with van der Waals surface area (Å²) in [5, 5.41) is 3.56. The highest BCUT2D eigenvalue weighted by atomic mass is 32.1. The molecule has 1 aliphatic carbocycles. The minimum absolute atomic E-state index is 0.0606. The maximum Gasteiger partial charge on any atom is 0.404 e. The normalized spacial score (nSPS) is 24.2. The monoisotopic (exact) mass is 359 g/mol. The molecule has 0 bridgehead atoms. The quantitative estimate of drug-likeness (QED) is 0.890. The summed E-state index contributed by atoms with van der Waals surface area (Å²) in [7, 11) is 0. The summed E-state index contributed by atoms with van der Waals surface area (Å²) in [6.07, 6.45) is 2.57. The lowest BCUT2D eigenvalue weighted by Crippen LogP contribution is -2.47. The summed E-state index contributed by atoms with van der Waals surface area (Å²) in [4.78, 5) is 15.8. The molecule has 5 nitrogen and oxygen atoms in total. The van der Waals surface area contributed by atoms with E-state index in [2.05, 4.69) is 39.4 Å². The van der Waals surface area contributed by atoms with E-state index in [9.17, 15) is 4.79 Å². The van der Waals surface area contributed by atoms with Gasteiger partial charge >= 0.3 is 6.09 Å². The first-order valence-corrected chi connectivity index (χ1v) is 9.96. The van der Waals surface area contributed by atoms with Crippen LogP contribution in [-0.4, -0.2) is 49.8 Å². The third-order valence-corrected chi connectivity index (χ3v) is 6.40. The van der Waals surface area contributed by atoms with Crippen LogP contribution in [0.2, 0.25) is 0 Å². The molecule has 0 spiro atoms. The van der Waals surface area contributed by atoms with Crippen molar-refractivity contribution in [2.24, 2.45) is 11.7 Å². The van der Waals surface area contributed by atoms with Crippen LogP contribution in [0.5, 0.6) is 0 Å². The Morgan fingerprint density at radius 3 is 2.76 bits per heavy atom. The maximum atomic E-state index is 10.7. The van der Waals surface area contributed by atoms with Crippen molar-refractivity contribution in [2.45, 2.75) is 25.4 Å².